The second-order valence-electron chi connectivity index (χ2n) is 5.58. The lowest BCUT2D eigenvalue weighted by Gasteiger charge is -2.18. The zero-order valence-corrected chi connectivity index (χ0v) is 14.5. The molecular weight excluding hydrogens is 354 g/mol. The second kappa shape index (κ2) is 6.48. The predicted molar refractivity (Wildman–Crippen MR) is 95.2 cm³/mol. The summed E-state index contributed by atoms with van der Waals surface area (Å²) in [4.78, 5) is 33.6. The van der Waals surface area contributed by atoms with E-state index in [0.717, 1.165) is 0 Å². The number of aromatic nitrogens is 6. The minimum Gasteiger partial charge on any atom is -0.334 e. The molecule has 0 unspecified atom stereocenters. The first-order valence-corrected chi connectivity index (χ1v) is 8.55. The molecule has 0 aliphatic rings. The summed E-state index contributed by atoms with van der Waals surface area (Å²) in [6.45, 7) is 0.170. The van der Waals surface area contributed by atoms with Gasteiger partial charge in [-0.2, -0.15) is 4.68 Å². The van der Waals surface area contributed by atoms with Gasteiger partial charge in [-0.1, -0.05) is 12.1 Å². The lowest BCUT2D eigenvalue weighted by atomic mass is 10.1. The number of nitrogens with one attached hydrogen (secondary N) is 1. The van der Waals surface area contributed by atoms with Crippen molar-refractivity contribution in [2.24, 2.45) is 0 Å². The number of aromatic amines is 1. The van der Waals surface area contributed by atoms with Gasteiger partial charge in [0.05, 0.1) is 23.3 Å². The van der Waals surface area contributed by atoms with Gasteiger partial charge in [0, 0.05) is 7.05 Å². The van der Waals surface area contributed by atoms with Crippen molar-refractivity contribution < 1.29 is 4.79 Å². The van der Waals surface area contributed by atoms with Crippen LogP contribution in [-0.4, -0.2) is 48.0 Å². The van der Waals surface area contributed by atoms with E-state index in [2.05, 4.69) is 25.5 Å². The number of rotatable bonds is 4. The van der Waals surface area contributed by atoms with E-state index in [0.29, 0.717) is 27.3 Å². The molecule has 0 aliphatic carbocycles. The zero-order chi connectivity index (χ0) is 18.1. The van der Waals surface area contributed by atoms with Crippen LogP contribution in [0.1, 0.15) is 16.2 Å². The van der Waals surface area contributed by atoms with Crippen LogP contribution in [0.15, 0.2) is 46.8 Å². The molecule has 0 saturated carbocycles. The Bertz CT molecular complexity index is 1130. The minimum atomic E-state index is -0.232. The molecule has 10 heteroatoms. The monoisotopic (exact) mass is 367 g/mol. The number of fused-ring (bicyclic) bond motifs is 1. The molecule has 4 rings (SSSR count). The van der Waals surface area contributed by atoms with Crippen molar-refractivity contribution in [2.75, 3.05) is 7.05 Å². The van der Waals surface area contributed by atoms with Gasteiger partial charge in [0.2, 0.25) is 0 Å². The third kappa shape index (κ3) is 2.86. The maximum Gasteiger partial charge on any atom is 0.268 e. The van der Waals surface area contributed by atoms with E-state index < -0.39 is 0 Å². The Balaban J connectivity index is 1.63. The van der Waals surface area contributed by atoms with Crippen molar-refractivity contribution >= 4 is 27.5 Å². The van der Waals surface area contributed by atoms with Crippen LogP contribution in [0.2, 0.25) is 0 Å². The van der Waals surface area contributed by atoms with Crippen LogP contribution in [0.5, 0.6) is 0 Å². The van der Waals surface area contributed by atoms with Gasteiger partial charge >= 0.3 is 0 Å². The lowest BCUT2D eigenvalue weighted by Crippen LogP contribution is -2.29. The Labute approximate surface area is 150 Å². The molecule has 1 amide bonds. The van der Waals surface area contributed by atoms with Gasteiger partial charge in [-0.3, -0.25) is 9.59 Å². The van der Waals surface area contributed by atoms with Gasteiger partial charge in [0.15, 0.2) is 0 Å². The van der Waals surface area contributed by atoms with Crippen LogP contribution < -0.4 is 5.56 Å². The SMILES string of the molecule is CN(Cc1nc2ccsc2c(=O)[nH]1)C(=O)c1ccccc1-n1cnnn1. The lowest BCUT2D eigenvalue weighted by molar-refractivity contribution is 0.0781. The molecule has 26 heavy (non-hydrogen) atoms. The first kappa shape index (κ1) is 16.1. The van der Waals surface area contributed by atoms with E-state index in [1.807, 2.05) is 5.38 Å². The number of hydrogen-bond acceptors (Lipinski definition) is 7. The van der Waals surface area contributed by atoms with Crippen LogP contribution >= 0.6 is 11.3 Å². The number of para-hydroxylation sites is 1. The first-order valence-electron chi connectivity index (χ1n) is 7.68. The standard InChI is InChI=1S/C16H13N7O2S/c1-22(8-13-18-11-6-7-26-14(11)15(24)19-13)16(25)10-4-2-3-5-12(10)23-9-17-20-21-23/h2-7,9H,8H2,1H3,(H,18,19,24). The summed E-state index contributed by atoms with van der Waals surface area (Å²) in [6.07, 6.45) is 1.43. The number of nitrogens with zero attached hydrogens (tertiary/aromatic N) is 6. The molecule has 0 saturated heterocycles. The normalized spacial score (nSPS) is 11.0. The number of carbonyl (C=O) groups excluding carboxylic acids is 1. The summed E-state index contributed by atoms with van der Waals surface area (Å²) in [7, 11) is 1.65. The van der Waals surface area contributed by atoms with Crippen LogP contribution in [0, 0.1) is 0 Å². The second-order valence-corrected chi connectivity index (χ2v) is 6.50. The zero-order valence-electron chi connectivity index (χ0n) is 13.7. The fraction of sp³-hybridized carbons (Fsp3) is 0.125. The number of tetrazole rings is 1. The molecular formula is C16H13N7O2S. The molecule has 1 aromatic carbocycles. The number of H-pyrrole nitrogens is 1. The topological polar surface area (TPSA) is 110 Å². The molecule has 0 spiro atoms. The Morgan fingerprint density at radius 1 is 1.31 bits per heavy atom. The number of hydrogen-bond donors (Lipinski definition) is 1. The average Bonchev–Trinajstić information content (AvgIpc) is 3.33. The van der Waals surface area contributed by atoms with Crippen molar-refractivity contribution in [3.8, 4) is 5.69 Å². The molecule has 3 heterocycles. The van der Waals surface area contributed by atoms with Gasteiger partial charge in [0.25, 0.3) is 11.5 Å². The smallest absolute Gasteiger partial charge is 0.268 e. The Morgan fingerprint density at radius 2 is 2.15 bits per heavy atom. The number of benzene rings is 1. The Hall–Kier alpha value is -3.40. The summed E-state index contributed by atoms with van der Waals surface area (Å²) in [6, 6.07) is 8.82. The van der Waals surface area contributed by atoms with E-state index in [1.165, 1.54) is 27.2 Å². The molecule has 0 atom stereocenters. The van der Waals surface area contributed by atoms with Crippen LogP contribution in [0.4, 0.5) is 0 Å². The van der Waals surface area contributed by atoms with Gasteiger partial charge in [-0.25, -0.2) is 4.98 Å². The van der Waals surface area contributed by atoms with E-state index in [-0.39, 0.29) is 18.0 Å². The molecule has 1 N–H and O–H groups in total. The third-order valence-electron chi connectivity index (χ3n) is 3.83. The maximum atomic E-state index is 12.9. The van der Waals surface area contributed by atoms with E-state index in [1.54, 1.807) is 37.4 Å². The van der Waals surface area contributed by atoms with E-state index in [9.17, 15) is 9.59 Å². The molecule has 0 fully saturated rings. The first-order chi connectivity index (χ1) is 12.6. The predicted octanol–water partition coefficient (Wildman–Crippen LogP) is 1.23. The summed E-state index contributed by atoms with van der Waals surface area (Å²) < 4.78 is 2.00. The Morgan fingerprint density at radius 3 is 2.96 bits per heavy atom. The highest BCUT2D eigenvalue weighted by atomic mass is 32.1. The van der Waals surface area contributed by atoms with Crippen LogP contribution in [-0.2, 0) is 6.54 Å². The van der Waals surface area contributed by atoms with Crippen molar-refractivity contribution in [1.82, 2.24) is 35.1 Å². The summed E-state index contributed by atoms with van der Waals surface area (Å²) in [5, 5.41) is 12.9. The van der Waals surface area contributed by atoms with Gasteiger partial charge in [0.1, 0.15) is 16.9 Å². The van der Waals surface area contributed by atoms with Crippen LogP contribution in [0.3, 0.4) is 0 Å². The van der Waals surface area contributed by atoms with Gasteiger partial charge in [-0.05, 0) is 34.0 Å². The molecule has 3 aromatic heterocycles. The quantitative estimate of drug-likeness (QED) is 0.581. The molecule has 0 bridgehead atoms. The molecule has 130 valence electrons. The highest BCUT2D eigenvalue weighted by molar-refractivity contribution is 7.17. The van der Waals surface area contributed by atoms with E-state index in [4.69, 9.17) is 0 Å². The fourth-order valence-corrected chi connectivity index (χ4v) is 3.35. The van der Waals surface area contributed by atoms with Crippen molar-refractivity contribution in [3.05, 3.63) is 63.8 Å². The minimum absolute atomic E-state index is 0.170. The molecule has 0 radical (unpaired) electrons. The number of thiophene rings is 1. The van der Waals surface area contributed by atoms with Gasteiger partial charge in [-0.15, -0.1) is 16.4 Å². The average molecular weight is 367 g/mol. The van der Waals surface area contributed by atoms with E-state index >= 15 is 0 Å². The fourth-order valence-electron chi connectivity index (χ4n) is 2.62. The van der Waals surface area contributed by atoms with Crippen molar-refractivity contribution in [2.45, 2.75) is 6.54 Å². The highest BCUT2D eigenvalue weighted by Gasteiger charge is 2.18. The van der Waals surface area contributed by atoms with Gasteiger partial charge < -0.3 is 9.88 Å². The largest absolute Gasteiger partial charge is 0.334 e. The Kier molecular flexibility index (Phi) is 4.01. The highest BCUT2D eigenvalue weighted by Crippen LogP contribution is 2.17. The number of carbonyl (C=O) groups is 1. The number of amides is 1. The molecule has 0 aliphatic heterocycles. The van der Waals surface area contributed by atoms with Crippen LogP contribution in [0.25, 0.3) is 15.9 Å². The van der Waals surface area contributed by atoms with Crippen molar-refractivity contribution in [3.63, 3.8) is 0 Å². The van der Waals surface area contributed by atoms with Crippen molar-refractivity contribution in [1.29, 1.82) is 0 Å². The third-order valence-corrected chi connectivity index (χ3v) is 4.73. The molecule has 9 nitrogen and oxygen atoms in total. The summed E-state index contributed by atoms with van der Waals surface area (Å²) in [5.41, 5.74) is 1.45. The summed E-state index contributed by atoms with van der Waals surface area (Å²) >= 11 is 1.34. The summed E-state index contributed by atoms with van der Waals surface area (Å²) in [5.74, 6) is 0.195. The maximum absolute atomic E-state index is 12.9. The molecule has 4 aromatic rings.